The lowest BCUT2D eigenvalue weighted by molar-refractivity contribution is -0.116. The molecule has 5 nitrogen and oxygen atoms in total. The molecule has 2 fully saturated rings. The first kappa shape index (κ1) is 24.8. The van der Waals surface area contributed by atoms with Crippen LogP contribution >= 0.6 is 0 Å². The highest BCUT2D eigenvalue weighted by molar-refractivity contribution is 5.91. The zero-order valence-corrected chi connectivity index (χ0v) is 20.5. The number of nitrogens with zero attached hydrogens (tertiary/aromatic N) is 2. The molecular weight excluding hydrogens is 429 g/mol. The highest BCUT2D eigenvalue weighted by Crippen LogP contribution is 2.31. The van der Waals surface area contributed by atoms with Gasteiger partial charge in [-0.1, -0.05) is 43.2 Å². The number of hydrogen-bond acceptors (Lipinski definition) is 4. The van der Waals surface area contributed by atoms with Crippen LogP contribution in [0.25, 0.3) is 0 Å². The molecule has 34 heavy (non-hydrogen) atoms. The molecule has 2 aromatic carbocycles. The Morgan fingerprint density at radius 2 is 1.88 bits per heavy atom. The molecule has 0 bridgehead atoms. The Labute approximate surface area is 203 Å². The second-order valence-corrected chi connectivity index (χ2v) is 10.0. The summed E-state index contributed by atoms with van der Waals surface area (Å²) in [6.07, 6.45) is 5.35. The van der Waals surface area contributed by atoms with Crippen molar-refractivity contribution in [1.82, 2.24) is 9.80 Å². The van der Waals surface area contributed by atoms with Gasteiger partial charge in [0.05, 0.1) is 0 Å². The van der Waals surface area contributed by atoms with E-state index in [2.05, 4.69) is 22.0 Å². The minimum Gasteiger partial charge on any atom is -0.378 e. The number of anilines is 1. The molecule has 1 amide bonds. The van der Waals surface area contributed by atoms with Gasteiger partial charge in [-0.25, -0.2) is 4.39 Å². The van der Waals surface area contributed by atoms with Gasteiger partial charge >= 0.3 is 0 Å². The molecule has 2 atom stereocenters. The van der Waals surface area contributed by atoms with E-state index in [1.165, 1.54) is 18.9 Å². The van der Waals surface area contributed by atoms with Gasteiger partial charge in [-0.2, -0.15) is 0 Å². The largest absolute Gasteiger partial charge is 0.378 e. The summed E-state index contributed by atoms with van der Waals surface area (Å²) < 4.78 is 14.8. The van der Waals surface area contributed by atoms with E-state index in [1.807, 2.05) is 37.3 Å². The smallest absolute Gasteiger partial charge is 0.224 e. The van der Waals surface area contributed by atoms with Gasteiger partial charge in [0.15, 0.2) is 0 Å². The number of hydrogen-bond donors (Lipinski definition) is 2. The van der Waals surface area contributed by atoms with Crippen LogP contribution in [-0.2, 0) is 17.8 Å². The van der Waals surface area contributed by atoms with Gasteiger partial charge in [-0.15, -0.1) is 0 Å². The van der Waals surface area contributed by atoms with Crippen LogP contribution < -0.4 is 5.32 Å². The van der Waals surface area contributed by atoms with Crippen LogP contribution in [0.5, 0.6) is 0 Å². The molecule has 4 rings (SSSR count). The lowest BCUT2D eigenvalue weighted by Crippen LogP contribution is -2.56. The van der Waals surface area contributed by atoms with Gasteiger partial charge in [-0.05, 0) is 62.3 Å². The fourth-order valence-corrected chi connectivity index (χ4v) is 5.50. The van der Waals surface area contributed by atoms with Crippen molar-refractivity contribution in [3.8, 4) is 0 Å². The lowest BCUT2D eigenvalue weighted by atomic mass is 10.0. The number of carbonyl (C=O) groups is 1. The summed E-state index contributed by atoms with van der Waals surface area (Å²) in [6.45, 7) is 6.90. The molecule has 1 saturated carbocycles. The third-order valence-corrected chi connectivity index (χ3v) is 7.60. The number of amides is 1. The Morgan fingerprint density at radius 1 is 1.15 bits per heavy atom. The van der Waals surface area contributed by atoms with Gasteiger partial charge < -0.3 is 10.4 Å². The number of carbonyl (C=O) groups excluding carboxylic acids is 1. The average molecular weight is 468 g/mol. The first-order chi connectivity index (χ1) is 16.4. The molecule has 2 aliphatic rings. The van der Waals surface area contributed by atoms with Crippen LogP contribution in [0.1, 0.15) is 55.7 Å². The van der Waals surface area contributed by atoms with Gasteiger partial charge in [0.1, 0.15) is 12.0 Å². The van der Waals surface area contributed by atoms with Crippen molar-refractivity contribution in [1.29, 1.82) is 0 Å². The summed E-state index contributed by atoms with van der Waals surface area (Å²) >= 11 is 0. The Morgan fingerprint density at radius 3 is 2.59 bits per heavy atom. The van der Waals surface area contributed by atoms with Gasteiger partial charge in [-0.3, -0.25) is 14.6 Å². The third kappa shape index (κ3) is 6.04. The molecule has 2 aromatic rings. The van der Waals surface area contributed by atoms with E-state index in [-0.39, 0.29) is 24.0 Å². The second-order valence-electron chi connectivity index (χ2n) is 10.0. The first-order valence-corrected chi connectivity index (χ1v) is 12.7. The van der Waals surface area contributed by atoms with Crippen molar-refractivity contribution in [2.75, 3.05) is 25.0 Å². The molecule has 1 aliphatic heterocycles. The zero-order chi connectivity index (χ0) is 24.1. The molecule has 0 radical (unpaired) electrons. The molecule has 1 aliphatic carbocycles. The number of piperazine rings is 1. The summed E-state index contributed by atoms with van der Waals surface area (Å²) in [4.78, 5) is 17.0. The topological polar surface area (TPSA) is 55.8 Å². The third-order valence-electron chi connectivity index (χ3n) is 7.60. The number of rotatable bonds is 8. The molecular formula is C28H38FN3O2. The fourth-order valence-electron chi connectivity index (χ4n) is 5.50. The maximum absolute atomic E-state index is 14.8. The molecule has 1 heterocycles. The first-order valence-electron chi connectivity index (χ1n) is 12.7. The standard InChI is InChI=1S/C28H38FN3O2/c1-20-18-31(16-17-32(20)28(34)23-10-6-7-11-23)19-24-21(2)26(14-13-25(24)29)30-27(33)15-12-22-8-4-3-5-9-22/h3-5,8-9,13-14,20,23,28,34H,6-7,10-12,15-19H2,1-2H3,(H,30,33)/t20-,28?/m0/s1. The lowest BCUT2D eigenvalue weighted by Gasteiger charge is -2.44. The molecule has 0 spiro atoms. The van der Waals surface area contributed by atoms with Crippen molar-refractivity contribution < 1.29 is 14.3 Å². The summed E-state index contributed by atoms with van der Waals surface area (Å²) in [5.41, 5.74) is 3.23. The number of aryl methyl sites for hydroxylation is 1. The number of aliphatic hydroxyl groups is 1. The average Bonchev–Trinajstić information content (AvgIpc) is 3.38. The van der Waals surface area contributed by atoms with E-state index in [1.54, 1.807) is 6.07 Å². The van der Waals surface area contributed by atoms with E-state index in [0.29, 0.717) is 36.6 Å². The quantitative estimate of drug-likeness (QED) is 0.590. The predicted octanol–water partition coefficient (Wildman–Crippen LogP) is 4.72. The maximum atomic E-state index is 14.8. The highest BCUT2D eigenvalue weighted by atomic mass is 19.1. The Kier molecular flexibility index (Phi) is 8.35. The second kappa shape index (κ2) is 11.4. The van der Waals surface area contributed by atoms with Crippen LogP contribution in [0.15, 0.2) is 42.5 Å². The van der Waals surface area contributed by atoms with Crippen molar-refractivity contribution in [3.63, 3.8) is 0 Å². The summed E-state index contributed by atoms with van der Waals surface area (Å²) in [5.74, 6) is 0.0874. The molecule has 184 valence electrons. The minimum absolute atomic E-state index is 0.0624. The number of aliphatic hydroxyl groups excluding tert-OH is 1. The van der Waals surface area contributed by atoms with Crippen molar-refractivity contribution >= 4 is 11.6 Å². The Hall–Kier alpha value is -2.28. The van der Waals surface area contributed by atoms with Crippen LogP contribution in [0.2, 0.25) is 0 Å². The van der Waals surface area contributed by atoms with Gasteiger partial charge in [0, 0.05) is 49.9 Å². The minimum atomic E-state index is -0.368. The summed E-state index contributed by atoms with van der Waals surface area (Å²) in [7, 11) is 0. The summed E-state index contributed by atoms with van der Waals surface area (Å²) in [5, 5.41) is 13.8. The highest BCUT2D eigenvalue weighted by Gasteiger charge is 2.34. The zero-order valence-electron chi connectivity index (χ0n) is 20.5. The van der Waals surface area contributed by atoms with E-state index in [0.717, 1.165) is 43.6 Å². The number of nitrogens with one attached hydrogen (secondary N) is 1. The van der Waals surface area contributed by atoms with Gasteiger partial charge in [0.2, 0.25) is 5.91 Å². The van der Waals surface area contributed by atoms with Crippen molar-refractivity contribution in [2.45, 2.75) is 71.2 Å². The number of halogens is 1. The van der Waals surface area contributed by atoms with Crippen molar-refractivity contribution in [3.05, 3.63) is 65.0 Å². The molecule has 0 aromatic heterocycles. The van der Waals surface area contributed by atoms with Gasteiger partial charge in [0.25, 0.3) is 0 Å². The monoisotopic (exact) mass is 467 g/mol. The van der Waals surface area contributed by atoms with E-state index >= 15 is 0 Å². The molecule has 1 saturated heterocycles. The Balaban J connectivity index is 1.35. The maximum Gasteiger partial charge on any atom is 0.224 e. The SMILES string of the molecule is Cc1c(NC(=O)CCc2ccccc2)ccc(F)c1CN1CCN(C(O)C2CCCC2)[C@@H](C)C1. The molecule has 2 N–H and O–H groups in total. The predicted molar refractivity (Wildman–Crippen MR) is 134 cm³/mol. The Bertz CT molecular complexity index is 962. The normalized spacial score (nSPS) is 21.0. The number of benzene rings is 2. The van der Waals surface area contributed by atoms with Crippen LogP contribution in [0.3, 0.4) is 0 Å². The van der Waals surface area contributed by atoms with E-state index in [9.17, 15) is 14.3 Å². The van der Waals surface area contributed by atoms with Crippen LogP contribution in [0, 0.1) is 18.7 Å². The van der Waals surface area contributed by atoms with E-state index in [4.69, 9.17) is 0 Å². The summed E-state index contributed by atoms with van der Waals surface area (Å²) in [6, 6.07) is 13.3. The van der Waals surface area contributed by atoms with E-state index < -0.39 is 0 Å². The molecule has 6 heteroatoms. The fraction of sp³-hybridized carbons (Fsp3) is 0.536. The molecule has 1 unspecified atom stereocenters. The van der Waals surface area contributed by atoms with Crippen LogP contribution in [0.4, 0.5) is 10.1 Å². The van der Waals surface area contributed by atoms with Crippen molar-refractivity contribution in [2.24, 2.45) is 5.92 Å². The van der Waals surface area contributed by atoms with Crippen LogP contribution in [-0.4, -0.2) is 52.7 Å².